The molecular weight excluding hydrogens is 325 g/mol. The van der Waals surface area contributed by atoms with Gasteiger partial charge in [-0.2, -0.15) is 0 Å². The van der Waals surface area contributed by atoms with Crippen LogP contribution in [0.1, 0.15) is 18.9 Å². The molecule has 0 saturated carbocycles. The van der Waals surface area contributed by atoms with Gasteiger partial charge in [-0.1, -0.05) is 60.5 Å². The van der Waals surface area contributed by atoms with Gasteiger partial charge in [0, 0.05) is 16.2 Å². The predicted octanol–water partition coefficient (Wildman–Crippen LogP) is 4.34. The number of aryl methyl sites for hydroxylation is 1. The molecule has 1 aromatic heterocycles. The lowest BCUT2D eigenvalue weighted by Crippen LogP contribution is -1.91. The molecule has 0 aliphatic heterocycles. The van der Waals surface area contributed by atoms with Gasteiger partial charge in [0.2, 0.25) is 0 Å². The molecule has 0 amide bonds. The largest absolute Gasteiger partial charge is 0.273 e. The molecule has 0 fully saturated rings. The molecule has 3 nitrogen and oxygen atoms in total. The molecule has 102 valence electrons. The topological polar surface area (TPSA) is 47.0 Å². The summed E-state index contributed by atoms with van der Waals surface area (Å²) in [6.45, 7) is 2.10. The van der Waals surface area contributed by atoms with Gasteiger partial charge >= 0.3 is 0 Å². The van der Waals surface area contributed by atoms with E-state index in [0.29, 0.717) is 11.3 Å². The zero-order valence-electron chi connectivity index (χ0n) is 10.1. The zero-order valence-corrected chi connectivity index (χ0v) is 13.2. The number of thiazole rings is 1. The Labute approximate surface area is 125 Å². The standard InChI is InChI=1S/C12H11Cl2NO2S2/c1-2-3-8-4-6-9(7-5-8)10-11(19(14,16)17)18-12(13)15-10/h4-7H,2-3H2,1H3. The van der Waals surface area contributed by atoms with Crippen LogP contribution in [0.3, 0.4) is 0 Å². The second-order valence-corrected chi connectivity index (χ2v) is 8.33. The van der Waals surface area contributed by atoms with Crippen LogP contribution in [0.25, 0.3) is 11.3 Å². The minimum atomic E-state index is -3.84. The second-order valence-electron chi connectivity index (χ2n) is 3.99. The van der Waals surface area contributed by atoms with E-state index in [9.17, 15) is 8.42 Å². The lowest BCUT2D eigenvalue weighted by molar-refractivity contribution is 0.611. The molecule has 7 heteroatoms. The van der Waals surface area contributed by atoms with Gasteiger partial charge < -0.3 is 0 Å². The Kier molecular flexibility index (Phi) is 4.50. The van der Waals surface area contributed by atoms with Crippen molar-refractivity contribution >= 4 is 42.7 Å². The van der Waals surface area contributed by atoms with Crippen molar-refractivity contribution in [2.75, 3.05) is 0 Å². The molecular formula is C12H11Cl2NO2S2. The first kappa shape index (κ1) is 14.8. The Hall–Kier alpha value is -0.620. The van der Waals surface area contributed by atoms with E-state index in [1.54, 1.807) is 0 Å². The molecule has 0 aliphatic carbocycles. The fourth-order valence-corrected chi connectivity index (χ4v) is 4.28. The summed E-state index contributed by atoms with van der Waals surface area (Å²) in [4.78, 5) is 4.04. The lowest BCUT2D eigenvalue weighted by Gasteiger charge is -2.02. The predicted molar refractivity (Wildman–Crippen MR) is 79.6 cm³/mol. The van der Waals surface area contributed by atoms with Gasteiger partial charge in [-0.3, -0.25) is 0 Å². The average Bonchev–Trinajstić information content (AvgIpc) is 2.73. The summed E-state index contributed by atoms with van der Waals surface area (Å²) >= 11 is 6.65. The van der Waals surface area contributed by atoms with Crippen LogP contribution in [0.2, 0.25) is 4.47 Å². The van der Waals surface area contributed by atoms with E-state index >= 15 is 0 Å². The number of rotatable bonds is 4. The normalized spacial score (nSPS) is 11.7. The number of nitrogens with zero attached hydrogens (tertiary/aromatic N) is 1. The Morgan fingerprint density at radius 1 is 1.26 bits per heavy atom. The maximum absolute atomic E-state index is 11.5. The van der Waals surface area contributed by atoms with Crippen LogP contribution >= 0.6 is 33.6 Å². The van der Waals surface area contributed by atoms with Crippen molar-refractivity contribution in [3.05, 3.63) is 34.3 Å². The fourth-order valence-electron chi connectivity index (χ4n) is 1.75. The van der Waals surface area contributed by atoms with Crippen LogP contribution < -0.4 is 0 Å². The van der Waals surface area contributed by atoms with E-state index in [2.05, 4.69) is 11.9 Å². The number of aromatic nitrogens is 1. The molecule has 0 saturated heterocycles. The third-order valence-corrected chi connectivity index (χ3v) is 5.79. The Morgan fingerprint density at radius 2 is 1.89 bits per heavy atom. The van der Waals surface area contributed by atoms with Gasteiger partial charge in [-0.25, -0.2) is 13.4 Å². The quantitative estimate of drug-likeness (QED) is 0.780. The molecule has 0 unspecified atom stereocenters. The molecule has 0 bridgehead atoms. The van der Waals surface area contributed by atoms with Crippen molar-refractivity contribution in [2.24, 2.45) is 0 Å². The van der Waals surface area contributed by atoms with Crippen LogP contribution in [0.4, 0.5) is 0 Å². The summed E-state index contributed by atoms with van der Waals surface area (Å²) < 4.78 is 23.1. The van der Waals surface area contributed by atoms with Crippen molar-refractivity contribution in [2.45, 2.75) is 24.0 Å². The first-order valence-corrected chi connectivity index (χ1v) is 9.12. The number of halogens is 2. The molecule has 0 N–H and O–H groups in total. The van der Waals surface area contributed by atoms with Gasteiger partial charge in [0.05, 0.1) is 0 Å². The molecule has 2 rings (SSSR count). The van der Waals surface area contributed by atoms with Gasteiger partial charge in [-0.05, 0) is 12.0 Å². The molecule has 0 aliphatic rings. The Morgan fingerprint density at radius 3 is 2.42 bits per heavy atom. The van der Waals surface area contributed by atoms with E-state index < -0.39 is 9.05 Å². The maximum atomic E-state index is 11.5. The highest BCUT2D eigenvalue weighted by atomic mass is 35.7. The van der Waals surface area contributed by atoms with Crippen LogP contribution in [0, 0.1) is 0 Å². The number of hydrogen-bond acceptors (Lipinski definition) is 4. The van der Waals surface area contributed by atoms with E-state index in [1.165, 1.54) is 5.56 Å². The maximum Gasteiger partial charge on any atom is 0.273 e. The number of benzene rings is 1. The lowest BCUT2D eigenvalue weighted by atomic mass is 10.1. The summed E-state index contributed by atoms with van der Waals surface area (Å²) in [6.07, 6.45) is 2.04. The van der Waals surface area contributed by atoms with Crippen molar-refractivity contribution in [3.63, 3.8) is 0 Å². The highest BCUT2D eigenvalue weighted by Gasteiger charge is 2.22. The molecule has 0 spiro atoms. The fraction of sp³-hybridized carbons (Fsp3) is 0.250. The van der Waals surface area contributed by atoms with E-state index in [1.807, 2.05) is 24.3 Å². The molecule has 2 aromatic rings. The zero-order chi connectivity index (χ0) is 14.0. The molecule has 1 aromatic carbocycles. The molecule has 1 heterocycles. The summed E-state index contributed by atoms with van der Waals surface area (Å²) in [5, 5.41) is 0. The minimum absolute atomic E-state index is 0.0117. The van der Waals surface area contributed by atoms with E-state index in [-0.39, 0.29) is 8.68 Å². The third kappa shape index (κ3) is 3.48. The van der Waals surface area contributed by atoms with Crippen molar-refractivity contribution < 1.29 is 8.42 Å². The Bertz CT molecular complexity index is 678. The number of hydrogen-bond donors (Lipinski definition) is 0. The first-order valence-electron chi connectivity index (χ1n) is 5.62. The van der Waals surface area contributed by atoms with Crippen molar-refractivity contribution in [3.8, 4) is 11.3 Å². The minimum Gasteiger partial charge on any atom is -0.223 e. The van der Waals surface area contributed by atoms with Gasteiger partial charge in [0.25, 0.3) is 9.05 Å². The van der Waals surface area contributed by atoms with Gasteiger partial charge in [0.1, 0.15) is 5.69 Å². The smallest absolute Gasteiger partial charge is 0.223 e. The summed E-state index contributed by atoms with van der Waals surface area (Å²) in [5.74, 6) is 0. The average molecular weight is 336 g/mol. The summed E-state index contributed by atoms with van der Waals surface area (Å²) in [7, 11) is 1.55. The van der Waals surface area contributed by atoms with E-state index in [4.69, 9.17) is 22.3 Å². The molecule has 19 heavy (non-hydrogen) atoms. The van der Waals surface area contributed by atoms with Crippen molar-refractivity contribution in [1.82, 2.24) is 4.98 Å². The third-order valence-electron chi connectivity index (χ3n) is 2.56. The molecule has 0 radical (unpaired) electrons. The van der Waals surface area contributed by atoms with Crippen LogP contribution in [-0.2, 0) is 15.5 Å². The highest BCUT2D eigenvalue weighted by molar-refractivity contribution is 8.15. The first-order chi connectivity index (χ1) is 8.91. The van der Waals surface area contributed by atoms with Crippen LogP contribution in [-0.4, -0.2) is 13.4 Å². The Balaban J connectivity index is 2.47. The van der Waals surface area contributed by atoms with Crippen LogP contribution in [0.15, 0.2) is 28.5 Å². The molecule has 0 atom stereocenters. The summed E-state index contributed by atoms with van der Waals surface area (Å²) in [5.41, 5.74) is 2.21. The monoisotopic (exact) mass is 335 g/mol. The van der Waals surface area contributed by atoms with Crippen LogP contribution in [0.5, 0.6) is 0 Å². The van der Waals surface area contributed by atoms with Gasteiger partial charge in [-0.15, -0.1) is 0 Å². The van der Waals surface area contributed by atoms with Gasteiger partial charge in [0.15, 0.2) is 8.68 Å². The summed E-state index contributed by atoms with van der Waals surface area (Å²) in [6, 6.07) is 7.58. The highest BCUT2D eigenvalue weighted by Crippen LogP contribution is 2.36. The SMILES string of the molecule is CCCc1ccc(-c2nc(Cl)sc2S(=O)(=O)Cl)cc1. The van der Waals surface area contributed by atoms with E-state index in [0.717, 1.165) is 24.2 Å². The second kappa shape index (κ2) is 5.79. The van der Waals surface area contributed by atoms with Crippen molar-refractivity contribution in [1.29, 1.82) is 0 Å².